The first-order chi connectivity index (χ1) is 16.7. The van der Waals surface area contributed by atoms with Gasteiger partial charge < -0.3 is 15.0 Å². The lowest BCUT2D eigenvalue weighted by molar-refractivity contribution is -0.386. The lowest BCUT2D eigenvalue weighted by atomic mass is 10.2. The monoisotopic (exact) mass is 494 g/mol. The number of hydrogen-bond donors (Lipinski definition) is 3. The predicted molar refractivity (Wildman–Crippen MR) is 131 cm³/mol. The average molecular weight is 495 g/mol. The minimum Gasteiger partial charge on any atom is -0.502 e. The Hall–Kier alpha value is -4.38. The van der Waals surface area contributed by atoms with Crippen LogP contribution in [0.2, 0.25) is 0 Å². The molecule has 0 aliphatic carbocycles. The number of rotatable bonds is 9. The number of para-hydroxylation sites is 1. The van der Waals surface area contributed by atoms with Gasteiger partial charge in [0.15, 0.2) is 5.75 Å². The number of aromatic hydroxyl groups is 1. The number of nitrogens with zero attached hydrogens (tertiary/aromatic N) is 2. The molecule has 1 amide bonds. The van der Waals surface area contributed by atoms with E-state index in [0.29, 0.717) is 12.1 Å². The second-order valence-corrected chi connectivity index (χ2v) is 9.45. The van der Waals surface area contributed by atoms with Gasteiger partial charge in [-0.25, -0.2) is 8.42 Å². The van der Waals surface area contributed by atoms with Gasteiger partial charge in [0.25, 0.3) is 15.9 Å². The van der Waals surface area contributed by atoms with E-state index in [9.17, 15) is 28.4 Å². The quantitative estimate of drug-likeness (QED) is 0.183. The van der Waals surface area contributed by atoms with Crippen molar-refractivity contribution < 1.29 is 23.2 Å². The third-order valence-electron chi connectivity index (χ3n) is 5.39. The highest BCUT2D eigenvalue weighted by atomic mass is 32.2. The van der Waals surface area contributed by atoms with Crippen LogP contribution in [-0.2, 0) is 16.6 Å². The number of hydrogen-bond acceptors (Lipinski definition) is 6. The van der Waals surface area contributed by atoms with Gasteiger partial charge in [-0.15, -0.1) is 0 Å². The summed E-state index contributed by atoms with van der Waals surface area (Å²) in [5, 5.41) is 24.5. The Kier molecular flexibility index (Phi) is 6.69. The topological polar surface area (TPSA) is 144 Å². The van der Waals surface area contributed by atoms with Crippen molar-refractivity contribution in [2.24, 2.45) is 0 Å². The summed E-state index contributed by atoms with van der Waals surface area (Å²) in [6, 6.07) is 18.7. The molecule has 4 rings (SSSR count). The van der Waals surface area contributed by atoms with Gasteiger partial charge >= 0.3 is 5.69 Å². The molecule has 0 aliphatic heterocycles. The lowest BCUT2D eigenvalue weighted by Crippen LogP contribution is -2.25. The van der Waals surface area contributed by atoms with E-state index in [4.69, 9.17) is 0 Å². The number of nitrogens with one attached hydrogen (secondary N) is 2. The van der Waals surface area contributed by atoms with E-state index in [-0.39, 0.29) is 16.5 Å². The maximum absolute atomic E-state index is 12.6. The molecule has 11 heteroatoms. The normalized spacial score (nSPS) is 11.3. The maximum atomic E-state index is 12.6. The molecule has 0 fully saturated rings. The molecule has 0 saturated carbocycles. The van der Waals surface area contributed by atoms with Crippen LogP contribution in [-0.4, -0.2) is 35.5 Å². The van der Waals surface area contributed by atoms with Crippen LogP contribution >= 0.6 is 0 Å². The second-order valence-electron chi connectivity index (χ2n) is 7.77. The number of fused-ring (bicyclic) bond motifs is 1. The summed E-state index contributed by atoms with van der Waals surface area (Å²) in [5.74, 6) is -0.919. The number of nitro benzene ring substituents is 1. The van der Waals surface area contributed by atoms with Crippen LogP contribution < -0.4 is 10.0 Å². The Bertz CT molecular complexity index is 1500. The number of carbonyl (C=O) groups excluding carboxylic acids is 1. The molecular formula is C24H22N4O6S. The van der Waals surface area contributed by atoms with Crippen molar-refractivity contribution in [3.63, 3.8) is 0 Å². The standard InChI is InChI=1S/C24H22N4O6S/c29-23-11-10-20(16-22(23)28(31)32)35(33,34)26-19-8-6-18(7-9-19)24(30)25-13-3-14-27-15-12-17-4-1-2-5-21(17)27/h1-2,4-12,15-16,26,29H,3,13-14H2,(H,25,30). The van der Waals surface area contributed by atoms with E-state index >= 15 is 0 Å². The number of sulfonamides is 1. The summed E-state index contributed by atoms with van der Waals surface area (Å²) >= 11 is 0. The molecule has 10 nitrogen and oxygen atoms in total. The van der Waals surface area contributed by atoms with Crippen molar-refractivity contribution in [1.82, 2.24) is 9.88 Å². The minimum absolute atomic E-state index is 0.178. The van der Waals surface area contributed by atoms with Crippen LogP contribution in [0.25, 0.3) is 10.9 Å². The molecule has 0 spiro atoms. The number of anilines is 1. The van der Waals surface area contributed by atoms with Gasteiger partial charge in [0.05, 0.1) is 9.82 Å². The van der Waals surface area contributed by atoms with Crippen molar-refractivity contribution in [3.05, 3.63) is 94.7 Å². The first-order valence-electron chi connectivity index (χ1n) is 10.7. The van der Waals surface area contributed by atoms with E-state index in [1.165, 1.54) is 24.3 Å². The Labute approximate surface area is 201 Å². The molecule has 0 radical (unpaired) electrons. The lowest BCUT2D eigenvalue weighted by Gasteiger charge is -2.10. The third kappa shape index (κ3) is 5.41. The molecule has 0 atom stereocenters. The highest BCUT2D eigenvalue weighted by Gasteiger charge is 2.21. The second kappa shape index (κ2) is 9.85. The van der Waals surface area contributed by atoms with Crippen LogP contribution in [0.1, 0.15) is 16.8 Å². The van der Waals surface area contributed by atoms with Crippen molar-refractivity contribution in [1.29, 1.82) is 0 Å². The van der Waals surface area contributed by atoms with Crippen LogP contribution in [0.3, 0.4) is 0 Å². The van der Waals surface area contributed by atoms with Crippen molar-refractivity contribution >= 4 is 38.2 Å². The molecule has 180 valence electrons. The first-order valence-corrected chi connectivity index (χ1v) is 12.2. The Morgan fingerprint density at radius 1 is 1.03 bits per heavy atom. The van der Waals surface area contributed by atoms with Crippen LogP contribution in [0.5, 0.6) is 5.75 Å². The molecule has 1 aromatic heterocycles. The number of phenols is 1. The largest absolute Gasteiger partial charge is 0.502 e. The molecular weight excluding hydrogens is 472 g/mol. The summed E-state index contributed by atoms with van der Waals surface area (Å²) in [6.07, 6.45) is 2.75. The summed E-state index contributed by atoms with van der Waals surface area (Å²) in [7, 11) is -4.14. The van der Waals surface area contributed by atoms with Crippen molar-refractivity contribution in [2.75, 3.05) is 11.3 Å². The fourth-order valence-corrected chi connectivity index (χ4v) is 4.69. The predicted octanol–water partition coefficient (Wildman–Crippen LogP) is 3.88. The van der Waals surface area contributed by atoms with Gasteiger partial charge in [0, 0.05) is 42.1 Å². The van der Waals surface area contributed by atoms with Gasteiger partial charge in [-0.05, 0) is 60.3 Å². The SMILES string of the molecule is O=C(NCCCn1ccc2ccccc21)c1ccc(NS(=O)(=O)c2ccc(O)c([N+](=O)[O-])c2)cc1. The van der Waals surface area contributed by atoms with Crippen molar-refractivity contribution in [3.8, 4) is 5.75 Å². The van der Waals surface area contributed by atoms with E-state index in [1.807, 2.05) is 36.5 Å². The van der Waals surface area contributed by atoms with Gasteiger partial charge in [-0.3, -0.25) is 19.6 Å². The van der Waals surface area contributed by atoms with Crippen LogP contribution in [0.4, 0.5) is 11.4 Å². The van der Waals surface area contributed by atoms with Crippen LogP contribution in [0.15, 0.2) is 83.9 Å². The van der Waals surface area contributed by atoms with Gasteiger partial charge in [0.2, 0.25) is 0 Å². The zero-order valence-corrected chi connectivity index (χ0v) is 19.2. The summed E-state index contributed by atoms with van der Waals surface area (Å²) in [4.78, 5) is 22.1. The van der Waals surface area contributed by atoms with E-state index in [0.717, 1.165) is 42.1 Å². The zero-order chi connectivity index (χ0) is 25.0. The average Bonchev–Trinajstić information content (AvgIpc) is 3.25. The number of aryl methyl sites for hydroxylation is 1. The molecule has 0 aliphatic rings. The molecule has 0 saturated heterocycles. The first kappa shape index (κ1) is 23.8. The minimum atomic E-state index is -4.14. The summed E-state index contributed by atoms with van der Waals surface area (Å²) in [5.41, 5.74) is 0.958. The molecule has 4 aromatic rings. The zero-order valence-electron chi connectivity index (χ0n) is 18.4. The number of phenolic OH excluding ortho intramolecular Hbond substituents is 1. The Balaban J connectivity index is 1.33. The van der Waals surface area contributed by atoms with Gasteiger partial charge in [0.1, 0.15) is 0 Å². The summed E-state index contributed by atoms with van der Waals surface area (Å²) in [6.45, 7) is 1.23. The van der Waals surface area contributed by atoms with Gasteiger partial charge in [-0.2, -0.15) is 0 Å². The number of benzene rings is 3. The summed E-state index contributed by atoms with van der Waals surface area (Å²) < 4.78 is 29.6. The Morgan fingerprint density at radius 2 is 1.77 bits per heavy atom. The van der Waals surface area contributed by atoms with Gasteiger partial charge in [-0.1, -0.05) is 18.2 Å². The smallest absolute Gasteiger partial charge is 0.312 e. The highest BCUT2D eigenvalue weighted by Crippen LogP contribution is 2.29. The number of carbonyl (C=O) groups is 1. The molecule has 3 N–H and O–H groups in total. The van der Waals surface area contributed by atoms with Crippen molar-refractivity contribution in [2.45, 2.75) is 17.9 Å². The van der Waals surface area contributed by atoms with E-state index in [2.05, 4.69) is 14.6 Å². The fourth-order valence-electron chi connectivity index (χ4n) is 3.61. The van der Waals surface area contributed by atoms with E-state index in [1.54, 1.807) is 0 Å². The molecule has 3 aromatic carbocycles. The molecule has 0 bridgehead atoms. The third-order valence-corrected chi connectivity index (χ3v) is 6.77. The number of amides is 1. The Morgan fingerprint density at radius 3 is 2.51 bits per heavy atom. The highest BCUT2D eigenvalue weighted by molar-refractivity contribution is 7.92. The molecule has 35 heavy (non-hydrogen) atoms. The number of nitro groups is 1. The molecule has 1 heterocycles. The number of aromatic nitrogens is 1. The molecule has 0 unspecified atom stereocenters. The van der Waals surface area contributed by atoms with E-state index < -0.39 is 26.4 Å². The maximum Gasteiger partial charge on any atom is 0.312 e. The fraction of sp³-hybridized carbons (Fsp3) is 0.125. The van der Waals surface area contributed by atoms with Crippen LogP contribution in [0, 0.1) is 10.1 Å².